The Balaban J connectivity index is 1.62. The van der Waals surface area contributed by atoms with Crippen molar-refractivity contribution in [1.29, 1.82) is 0 Å². The van der Waals surface area contributed by atoms with Crippen molar-refractivity contribution in [1.82, 2.24) is 0 Å². The highest BCUT2D eigenvalue weighted by Crippen LogP contribution is 2.31. The first-order chi connectivity index (χ1) is 10.2. The lowest BCUT2D eigenvalue weighted by Crippen LogP contribution is -2.10. The van der Waals surface area contributed by atoms with E-state index in [0.29, 0.717) is 11.3 Å². The van der Waals surface area contributed by atoms with Crippen LogP contribution in [0.3, 0.4) is 0 Å². The SMILES string of the molecule is NC(=O)c1ccc(OCOc2csc3ccccc23)cc1. The fourth-order valence-corrected chi connectivity index (χ4v) is 2.82. The van der Waals surface area contributed by atoms with Crippen LogP contribution >= 0.6 is 11.3 Å². The highest BCUT2D eigenvalue weighted by molar-refractivity contribution is 7.17. The Bertz CT molecular complexity index is 765. The first-order valence-corrected chi connectivity index (χ1v) is 7.24. The molecule has 0 unspecified atom stereocenters. The summed E-state index contributed by atoms with van der Waals surface area (Å²) in [6.07, 6.45) is 0. The van der Waals surface area contributed by atoms with Crippen LogP contribution in [0.4, 0.5) is 0 Å². The zero-order valence-electron chi connectivity index (χ0n) is 11.1. The van der Waals surface area contributed by atoms with Crippen molar-refractivity contribution >= 4 is 27.3 Å². The molecule has 1 aromatic heterocycles. The largest absolute Gasteiger partial charge is 0.458 e. The van der Waals surface area contributed by atoms with Gasteiger partial charge in [0.2, 0.25) is 12.7 Å². The van der Waals surface area contributed by atoms with Gasteiger partial charge >= 0.3 is 0 Å². The Hall–Kier alpha value is -2.53. The van der Waals surface area contributed by atoms with Crippen LogP contribution in [0.2, 0.25) is 0 Å². The van der Waals surface area contributed by atoms with Crippen LogP contribution in [0, 0.1) is 0 Å². The van der Waals surface area contributed by atoms with Gasteiger partial charge in [-0.2, -0.15) is 0 Å². The topological polar surface area (TPSA) is 61.6 Å². The lowest BCUT2D eigenvalue weighted by Gasteiger charge is -2.08. The maximum atomic E-state index is 11.0. The second-order valence-electron chi connectivity index (χ2n) is 4.39. The molecular formula is C16H13NO3S. The summed E-state index contributed by atoms with van der Waals surface area (Å²) in [7, 11) is 0. The van der Waals surface area contributed by atoms with E-state index >= 15 is 0 Å². The summed E-state index contributed by atoms with van der Waals surface area (Å²) in [6, 6.07) is 14.7. The number of benzene rings is 2. The van der Waals surface area contributed by atoms with Gasteiger partial charge in [-0.25, -0.2) is 0 Å². The van der Waals surface area contributed by atoms with E-state index in [9.17, 15) is 4.79 Å². The lowest BCUT2D eigenvalue weighted by atomic mass is 10.2. The molecule has 0 radical (unpaired) electrons. The van der Waals surface area contributed by atoms with E-state index in [1.54, 1.807) is 35.6 Å². The van der Waals surface area contributed by atoms with Gasteiger partial charge in [0.25, 0.3) is 0 Å². The maximum Gasteiger partial charge on any atom is 0.248 e. The van der Waals surface area contributed by atoms with Crippen molar-refractivity contribution in [2.45, 2.75) is 0 Å². The molecule has 0 aliphatic heterocycles. The summed E-state index contributed by atoms with van der Waals surface area (Å²) in [6.45, 7) is 0.108. The lowest BCUT2D eigenvalue weighted by molar-refractivity contribution is 0.1000. The third kappa shape index (κ3) is 2.98. The molecule has 2 aromatic carbocycles. The van der Waals surface area contributed by atoms with Crippen molar-refractivity contribution in [2.75, 3.05) is 6.79 Å². The molecule has 0 spiro atoms. The van der Waals surface area contributed by atoms with E-state index in [4.69, 9.17) is 15.2 Å². The zero-order valence-corrected chi connectivity index (χ0v) is 11.9. The molecule has 0 saturated heterocycles. The first-order valence-electron chi connectivity index (χ1n) is 6.36. The number of ether oxygens (including phenoxy) is 2. The van der Waals surface area contributed by atoms with Crippen LogP contribution in [0.1, 0.15) is 10.4 Å². The normalized spacial score (nSPS) is 10.5. The van der Waals surface area contributed by atoms with Crippen LogP contribution in [0.5, 0.6) is 11.5 Å². The summed E-state index contributed by atoms with van der Waals surface area (Å²) >= 11 is 1.63. The van der Waals surface area contributed by atoms with Crippen LogP contribution in [0.15, 0.2) is 53.9 Å². The maximum absolute atomic E-state index is 11.0. The molecule has 2 N–H and O–H groups in total. The van der Waals surface area contributed by atoms with Gasteiger partial charge < -0.3 is 15.2 Å². The van der Waals surface area contributed by atoms with Crippen molar-refractivity contribution in [3.05, 3.63) is 59.5 Å². The van der Waals surface area contributed by atoms with E-state index in [-0.39, 0.29) is 6.79 Å². The number of primary amides is 1. The molecule has 0 saturated carbocycles. The highest BCUT2D eigenvalue weighted by atomic mass is 32.1. The van der Waals surface area contributed by atoms with E-state index < -0.39 is 5.91 Å². The number of amides is 1. The van der Waals surface area contributed by atoms with Crippen LogP contribution in [0.25, 0.3) is 10.1 Å². The van der Waals surface area contributed by atoms with Crippen molar-refractivity contribution < 1.29 is 14.3 Å². The number of rotatable bonds is 5. The molecule has 4 nitrogen and oxygen atoms in total. The van der Waals surface area contributed by atoms with Crippen molar-refractivity contribution in [3.63, 3.8) is 0 Å². The number of nitrogens with two attached hydrogens (primary N) is 1. The molecule has 0 aliphatic rings. The summed E-state index contributed by atoms with van der Waals surface area (Å²) in [5.41, 5.74) is 5.63. The standard InChI is InChI=1S/C16H13NO3S/c17-16(18)11-5-7-12(8-6-11)19-10-20-14-9-21-15-4-2-1-3-13(14)15/h1-9H,10H2,(H2,17,18). The number of carbonyl (C=O) groups is 1. The summed E-state index contributed by atoms with van der Waals surface area (Å²) in [5, 5.41) is 3.04. The molecule has 21 heavy (non-hydrogen) atoms. The van der Waals surface area contributed by atoms with E-state index in [2.05, 4.69) is 6.07 Å². The Morgan fingerprint density at radius 3 is 2.57 bits per heavy atom. The molecule has 1 amide bonds. The summed E-state index contributed by atoms with van der Waals surface area (Å²) in [5.74, 6) is 0.978. The predicted molar refractivity (Wildman–Crippen MR) is 82.9 cm³/mol. The Labute approximate surface area is 125 Å². The molecule has 3 rings (SSSR count). The quantitative estimate of drug-likeness (QED) is 0.734. The number of hydrogen-bond donors (Lipinski definition) is 1. The van der Waals surface area contributed by atoms with E-state index in [1.807, 2.05) is 23.6 Å². The monoisotopic (exact) mass is 299 g/mol. The minimum Gasteiger partial charge on any atom is -0.458 e. The third-order valence-corrected chi connectivity index (χ3v) is 3.97. The van der Waals surface area contributed by atoms with Crippen LogP contribution < -0.4 is 15.2 Å². The Morgan fingerprint density at radius 1 is 1.05 bits per heavy atom. The molecular weight excluding hydrogens is 286 g/mol. The van der Waals surface area contributed by atoms with Gasteiger partial charge in [0.15, 0.2) is 0 Å². The number of thiophene rings is 1. The summed E-state index contributed by atoms with van der Waals surface area (Å²) < 4.78 is 12.3. The predicted octanol–water partition coefficient (Wildman–Crippen LogP) is 3.42. The second-order valence-corrected chi connectivity index (χ2v) is 5.30. The molecule has 5 heteroatoms. The molecule has 106 valence electrons. The summed E-state index contributed by atoms with van der Waals surface area (Å²) in [4.78, 5) is 11.0. The van der Waals surface area contributed by atoms with Crippen LogP contribution in [-0.4, -0.2) is 12.7 Å². The molecule has 0 bridgehead atoms. The number of hydrogen-bond acceptors (Lipinski definition) is 4. The minimum atomic E-state index is -0.456. The van der Waals surface area contributed by atoms with Gasteiger partial charge in [0, 0.05) is 21.0 Å². The fraction of sp³-hybridized carbons (Fsp3) is 0.0625. The van der Waals surface area contributed by atoms with Crippen LogP contribution in [-0.2, 0) is 0 Å². The average Bonchev–Trinajstić information content (AvgIpc) is 2.91. The van der Waals surface area contributed by atoms with E-state index in [1.165, 1.54) is 4.70 Å². The highest BCUT2D eigenvalue weighted by Gasteiger charge is 2.05. The number of fused-ring (bicyclic) bond motifs is 1. The number of carbonyl (C=O) groups excluding carboxylic acids is 1. The molecule has 3 aromatic rings. The van der Waals surface area contributed by atoms with Gasteiger partial charge in [-0.1, -0.05) is 12.1 Å². The third-order valence-electron chi connectivity index (χ3n) is 3.02. The average molecular weight is 299 g/mol. The zero-order chi connectivity index (χ0) is 14.7. The Morgan fingerprint density at radius 2 is 1.81 bits per heavy atom. The van der Waals surface area contributed by atoms with E-state index in [0.717, 1.165) is 11.1 Å². The van der Waals surface area contributed by atoms with Gasteiger partial charge in [0.05, 0.1) is 0 Å². The van der Waals surface area contributed by atoms with Crippen molar-refractivity contribution in [3.8, 4) is 11.5 Å². The smallest absolute Gasteiger partial charge is 0.248 e. The van der Waals surface area contributed by atoms with Gasteiger partial charge in [0.1, 0.15) is 11.5 Å². The molecule has 0 aliphatic carbocycles. The molecule has 1 heterocycles. The Kier molecular flexibility index (Phi) is 3.75. The van der Waals surface area contributed by atoms with Gasteiger partial charge in [-0.15, -0.1) is 11.3 Å². The fourth-order valence-electron chi connectivity index (χ4n) is 1.94. The van der Waals surface area contributed by atoms with Gasteiger partial charge in [-0.3, -0.25) is 4.79 Å². The molecule has 0 fully saturated rings. The minimum absolute atomic E-state index is 0.108. The molecule has 0 atom stereocenters. The van der Waals surface area contributed by atoms with Crippen molar-refractivity contribution in [2.24, 2.45) is 5.73 Å². The second kappa shape index (κ2) is 5.85. The van der Waals surface area contributed by atoms with Gasteiger partial charge in [-0.05, 0) is 36.4 Å². The first kappa shape index (κ1) is 13.5.